The maximum Gasteiger partial charge on any atom is 0.189 e. The number of hydrogen-bond acceptors (Lipinski definition) is 4. The van der Waals surface area contributed by atoms with Crippen LogP contribution >= 0.6 is 0 Å². The zero-order valence-electron chi connectivity index (χ0n) is 10.7. The first-order chi connectivity index (χ1) is 9.24. The third-order valence-corrected chi connectivity index (χ3v) is 2.59. The smallest absolute Gasteiger partial charge is 0.189 e. The number of carbonyl (C=O) groups is 1. The van der Waals surface area contributed by atoms with Gasteiger partial charge in [0.1, 0.15) is 17.3 Å². The van der Waals surface area contributed by atoms with Crippen molar-refractivity contribution in [2.24, 2.45) is 0 Å². The highest BCUT2D eigenvalue weighted by Crippen LogP contribution is 2.25. The molecule has 5 nitrogen and oxygen atoms in total. The van der Waals surface area contributed by atoms with Gasteiger partial charge >= 0.3 is 0 Å². The summed E-state index contributed by atoms with van der Waals surface area (Å²) >= 11 is 0. The Morgan fingerprint density at radius 2 is 2.16 bits per heavy atom. The molecule has 0 unspecified atom stereocenters. The summed E-state index contributed by atoms with van der Waals surface area (Å²) in [4.78, 5) is 19.0. The second-order valence-electron chi connectivity index (χ2n) is 3.74. The molecule has 0 spiro atoms. The number of methoxy groups -OCH3 is 2. The van der Waals surface area contributed by atoms with Crippen LogP contribution in [-0.4, -0.2) is 30.0 Å². The van der Waals surface area contributed by atoms with E-state index in [1.165, 1.54) is 13.2 Å². The van der Waals surface area contributed by atoms with Gasteiger partial charge in [0.2, 0.25) is 0 Å². The zero-order valence-corrected chi connectivity index (χ0v) is 10.7. The Labute approximate surface area is 110 Å². The van der Waals surface area contributed by atoms with E-state index in [0.29, 0.717) is 22.9 Å². The lowest BCUT2D eigenvalue weighted by Crippen LogP contribution is -1.99. The molecule has 2 rings (SSSR count). The number of aromatic nitrogens is 2. The Hall–Kier alpha value is -2.56. The maximum absolute atomic E-state index is 12.1. The van der Waals surface area contributed by atoms with E-state index in [4.69, 9.17) is 9.47 Å². The molecule has 2 aromatic rings. The minimum atomic E-state index is -0.157. The predicted octanol–water partition coefficient (Wildman–Crippen LogP) is 2.32. The van der Waals surface area contributed by atoms with E-state index in [0.717, 1.165) is 0 Å². The molecule has 0 atom stereocenters. The summed E-state index contributed by atoms with van der Waals surface area (Å²) in [5, 5.41) is 0. The minimum absolute atomic E-state index is 0.157. The Morgan fingerprint density at radius 3 is 2.79 bits per heavy atom. The molecule has 1 N–H and O–H groups in total. The van der Waals surface area contributed by atoms with E-state index in [1.54, 1.807) is 43.8 Å². The van der Waals surface area contributed by atoms with E-state index in [-0.39, 0.29) is 5.78 Å². The van der Waals surface area contributed by atoms with Crippen LogP contribution in [0.4, 0.5) is 0 Å². The van der Waals surface area contributed by atoms with E-state index >= 15 is 0 Å². The molecule has 1 heterocycles. The number of benzene rings is 1. The van der Waals surface area contributed by atoms with Crippen molar-refractivity contribution in [1.82, 2.24) is 9.97 Å². The largest absolute Gasteiger partial charge is 0.497 e. The summed E-state index contributed by atoms with van der Waals surface area (Å²) in [6, 6.07) is 5.07. The number of nitrogens with one attached hydrogen (secondary N) is 1. The lowest BCUT2D eigenvalue weighted by atomic mass is 10.1. The van der Waals surface area contributed by atoms with Crippen molar-refractivity contribution in [2.45, 2.75) is 0 Å². The van der Waals surface area contributed by atoms with Crippen molar-refractivity contribution in [3.63, 3.8) is 0 Å². The van der Waals surface area contributed by atoms with Crippen molar-refractivity contribution >= 4 is 11.9 Å². The van der Waals surface area contributed by atoms with Gasteiger partial charge in [0.05, 0.1) is 19.8 Å². The molecule has 19 heavy (non-hydrogen) atoms. The number of ketones is 1. The summed E-state index contributed by atoms with van der Waals surface area (Å²) in [6.45, 7) is 0. The van der Waals surface area contributed by atoms with E-state index < -0.39 is 0 Å². The van der Waals surface area contributed by atoms with Crippen LogP contribution in [0, 0.1) is 0 Å². The number of carbonyl (C=O) groups excluding carboxylic acids is 1. The highest BCUT2D eigenvalue weighted by molar-refractivity contribution is 6.08. The number of hydrogen-bond donors (Lipinski definition) is 1. The van der Waals surface area contributed by atoms with E-state index in [2.05, 4.69) is 9.97 Å². The third-order valence-electron chi connectivity index (χ3n) is 2.59. The second-order valence-corrected chi connectivity index (χ2v) is 3.74. The Kier molecular flexibility index (Phi) is 3.97. The van der Waals surface area contributed by atoms with Crippen LogP contribution < -0.4 is 9.47 Å². The molecule has 0 bridgehead atoms. The number of rotatable bonds is 5. The summed E-state index contributed by atoms with van der Waals surface area (Å²) in [5.74, 6) is 1.59. The van der Waals surface area contributed by atoms with Gasteiger partial charge in [0.25, 0.3) is 0 Å². The van der Waals surface area contributed by atoms with E-state index in [1.807, 2.05) is 0 Å². The fraction of sp³-hybridized carbons (Fsp3) is 0.143. The quantitative estimate of drug-likeness (QED) is 0.660. The molecule has 5 heteroatoms. The summed E-state index contributed by atoms with van der Waals surface area (Å²) in [7, 11) is 3.08. The molecule has 1 aromatic heterocycles. The molecule has 0 radical (unpaired) electrons. The van der Waals surface area contributed by atoms with Crippen LogP contribution in [0.25, 0.3) is 6.08 Å². The van der Waals surface area contributed by atoms with Crippen LogP contribution in [0.3, 0.4) is 0 Å². The maximum atomic E-state index is 12.1. The van der Waals surface area contributed by atoms with Crippen LogP contribution in [0.5, 0.6) is 11.5 Å². The van der Waals surface area contributed by atoms with Gasteiger partial charge in [-0.25, -0.2) is 4.98 Å². The van der Waals surface area contributed by atoms with Gasteiger partial charge in [-0.05, 0) is 24.3 Å². The summed E-state index contributed by atoms with van der Waals surface area (Å²) in [6.07, 6.45) is 6.38. The monoisotopic (exact) mass is 258 g/mol. The predicted molar refractivity (Wildman–Crippen MR) is 71.5 cm³/mol. The lowest BCUT2D eigenvalue weighted by Gasteiger charge is -2.07. The van der Waals surface area contributed by atoms with Gasteiger partial charge in [-0.2, -0.15) is 0 Å². The Morgan fingerprint density at radius 1 is 1.32 bits per heavy atom. The Bertz CT molecular complexity index is 589. The average molecular weight is 258 g/mol. The summed E-state index contributed by atoms with van der Waals surface area (Å²) in [5.41, 5.74) is 0.478. The third kappa shape index (κ3) is 3.01. The van der Waals surface area contributed by atoms with Gasteiger partial charge < -0.3 is 14.5 Å². The van der Waals surface area contributed by atoms with Crippen molar-refractivity contribution in [2.75, 3.05) is 14.2 Å². The van der Waals surface area contributed by atoms with Gasteiger partial charge in [-0.1, -0.05) is 0 Å². The first kappa shape index (κ1) is 12.9. The van der Waals surface area contributed by atoms with Crippen molar-refractivity contribution < 1.29 is 14.3 Å². The van der Waals surface area contributed by atoms with Gasteiger partial charge in [0, 0.05) is 18.5 Å². The van der Waals surface area contributed by atoms with Gasteiger partial charge in [0.15, 0.2) is 5.78 Å². The topological polar surface area (TPSA) is 64.2 Å². The van der Waals surface area contributed by atoms with Crippen LogP contribution in [0.2, 0.25) is 0 Å². The Balaban J connectivity index is 2.23. The molecule has 0 fully saturated rings. The SMILES string of the molecule is COc1ccc(C(=O)C=Cc2ncc[nH]2)c(OC)c1. The molecule has 0 saturated carbocycles. The first-order valence-electron chi connectivity index (χ1n) is 5.68. The molecular formula is C14H14N2O3. The molecular weight excluding hydrogens is 244 g/mol. The zero-order chi connectivity index (χ0) is 13.7. The van der Waals surface area contributed by atoms with Crippen LogP contribution in [0.15, 0.2) is 36.7 Å². The fourth-order valence-corrected chi connectivity index (χ4v) is 1.62. The molecule has 1 aromatic carbocycles. The van der Waals surface area contributed by atoms with Crippen LogP contribution in [0.1, 0.15) is 16.2 Å². The van der Waals surface area contributed by atoms with Crippen molar-refractivity contribution in [3.8, 4) is 11.5 Å². The molecule has 0 aliphatic carbocycles. The second kappa shape index (κ2) is 5.86. The number of allylic oxidation sites excluding steroid dienone is 1. The average Bonchev–Trinajstić information content (AvgIpc) is 2.97. The van der Waals surface area contributed by atoms with Gasteiger partial charge in [-0.15, -0.1) is 0 Å². The summed E-state index contributed by atoms with van der Waals surface area (Å²) < 4.78 is 10.3. The first-order valence-corrected chi connectivity index (χ1v) is 5.68. The fourth-order valence-electron chi connectivity index (χ4n) is 1.62. The standard InChI is InChI=1S/C14H14N2O3/c1-18-10-3-4-11(13(9-10)19-2)12(17)5-6-14-15-7-8-16-14/h3-9H,1-2H3,(H,15,16). The lowest BCUT2D eigenvalue weighted by molar-refractivity contribution is 0.104. The molecule has 0 amide bonds. The van der Waals surface area contributed by atoms with E-state index in [9.17, 15) is 4.79 Å². The molecule has 0 aliphatic rings. The van der Waals surface area contributed by atoms with Crippen molar-refractivity contribution in [1.29, 1.82) is 0 Å². The number of H-pyrrole nitrogens is 1. The van der Waals surface area contributed by atoms with Crippen molar-refractivity contribution in [3.05, 3.63) is 48.1 Å². The number of imidazole rings is 1. The molecule has 0 aliphatic heterocycles. The van der Waals surface area contributed by atoms with Gasteiger partial charge in [-0.3, -0.25) is 4.79 Å². The number of nitrogens with zero attached hydrogens (tertiary/aromatic N) is 1. The number of ether oxygens (including phenoxy) is 2. The van der Waals surface area contributed by atoms with Crippen LogP contribution in [-0.2, 0) is 0 Å². The molecule has 98 valence electrons. The highest BCUT2D eigenvalue weighted by Gasteiger charge is 2.10. The highest BCUT2D eigenvalue weighted by atomic mass is 16.5. The molecule has 0 saturated heterocycles. The normalized spacial score (nSPS) is 10.6. The number of aromatic amines is 1. The minimum Gasteiger partial charge on any atom is -0.497 e.